The van der Waals surface area contributed by atoms with E-state index in [-0.39, 0.29) is 17.4 Å². The highest BCUT2D eigenvalue weighted by Crippen LogP contribution is 2.30. The zero-order valence-electron chi connectivity index (χ0n) is 13.6. The van der Waals surface area contributed by atoms with Crippen LogP contribution in [0.25, 0.3) is 0 Å². The van der Waals surface area contributed by atoms with E-state index in [9.17, 15) is 5.26 Å². The van der Waals surface area contributed by atoms with Gasteiger partial charge in [-0.2, -0.15) is 5.26 Å². The largest absolute Gasteiger partial charge is 0.489 e. The summed E-state index contributed by atoms with van der Waals surface area (Å²) in [5.41, 5.74) is 1.55. The lowest BCUT2D eigenvalue weighted by atomic mass is 9.82. The number of nitrogens with zero attached hydrogens (tertiary/aromatic N) is 1. The lowest BCUT2D eigenvalue weighted by Gasteiger charge is -2.25. The molecule has 2 atom stereocenters. The van der Waals surface area contributed by atoms with E-state index < -0.39 is 0 Å². The standard InChI is InChI=1S/C19H27NO/c1-4-19(2,3)16-10-12-17(13-11-16)21-18-9-7-5-6-8-15(18)14-20/h10-13,15,18H,4-9H2,1-3H3. The molecule has 1 aliphatic rings. The molecule has 2 heteroatoms. The molecule has 0 heterocycles. The first kappa shape index (κ1) is 15.9. The Morgan fingerprint density at radius 2 is 1.81 bits per heavy atom. The Hall–Kier alpha value is -1.49. The van der Waals surface area contributed by atoms with Crippen molar-refractivity contribution in [1.29, 1.82) is 5.26 Å². The van der Waals surface area contributed by atoms with E-state index in [4.69, 9.17) is 4.74 Å². The van der Waals surface area contributed by atoms with Crippen LogP contribution in [0.15, 0.2) is 24.3 Å². The van der Waals surface area contributed by atoms with Crippen molar-refractivity contribution in [1.82, 2.24) is 0 Å². The minimum atomic E-state index is 0.0410. The number of ether oxygens (including phenoxy) is 1. The molecule has 0 aliphatic heterocycles. The van der Waals surface area contributed by atoms with E-state index in [0.717, 1.165) is 31.4 Å². The van der Waals surface area contributed by atoms with Crippen molar-refractivity contribution in [3.05, 3.63) is 29.8 Å². The van der Waals surface area contributed by atoms with E-state index >= 15 is 0 Å². The summed E-state index contributed by atoms with van der Waals surface area (Å²) >= 11 is 0. The maximum Gasteiger partial charge on any atom is 0.119 e. The van der Waals surface area contributed by atoms with Crippen LogP contribution in [0.3, 0.4) is 0 Å². The molecule has 1 saturated carbocycles. The maximum atomic E-state index is 9.32. The quantitative estimate of drug-likeness (QED) is 0.710. The number of rotatable bonds is 4. The van der Waals surface area contributed by atoms with Crippen LogP contribution >= 0.6 is 0 Å². The van der Waals surface area contributed by atoms with Crippen molar-refractivity contribution in [3.8, 4) is 11.8 Å². The average molecular weight is 285 g/mol. The first-order valence-corrected chi connectivity index (χ1v) is 8.23. The van der Waals surface area contributed by atoms with Crippen molar-refractivity contribution in [2.75, 3.05) is 0 Å². The second kappa shape index (κ2) is 6.98. The molecule has 0 saturated heterocycles. The topological polar surface area (TPSA) is 33.0 Å². The van der Waals surface area contributed by atoms with Crippen molar-refractivity contribution in [2.24, 2.45) is 5.92 Å². The van der Waals surface area contributed by atoms with Crippen LogP contribution in [0, 0.1) is 17.2 Å². The molecule has 2 unspecified atom stereocenters. The molecule has 0 aromatic heterocycles. The minimum Gasteiger partial charge on any atom is -0.489 e. The first-order chi connectivity index (χ1) is 10.1. The summed E-state index contributed by atoms with van der Waals surface area (Å²) < 4.78 is 6.12. The van der Waals surface area contributed by atoms with Gasteiger partial charge in [0.1, 0.15) is 11.9 Å². The SMILES string of the molecule is CCC(C)(C)c1ccc(OC2CCCCCC2C#N)cc1. The highest BCUT2D eigenvalue weighted by molar-refractivity contribution is 5.31. The van der Waals surface area contributed by atoms with E-state index in [1.165, 1.54) is 18.4 Å². The molecule has 0 radical (unpaired) electrons. The summed E-state index contributed by atoms with van der Waals surface area (Å²) in [5.74, 6) is 0.942. The molecular formula is C19H27NO. The average Bonchev–Trinajstić information content (AvgIpc) is 2.73. The van der Waals surface area contributed by atoms with Crippen molar-refractivity contribution in [2.45, 2.75) is 70.8 Å². The third kappa shape index (κ3) is 4.00. The van der Waals surface area contributed by atoms with Crippen LogP contribution in [0.5, 0.6) is 5.75 Å². The summed E-state index contributed by atoms with van der Waals surface area (Å²) in [5, 5.41) is 9.32. The Morgan fingerprint density at radius 1 is 1.14 bits per heavy atom. The maximum absolute atomic E-state index is 9.32. The summed E-state index contributed by atoms with van der Waals surface area (Å²) in [4.78, 5) is 0. The van der Waals surface area contributed by atoms with Gasteiger partial charge in [-0.05, 0) is 48.8 Å². The number of benzene rings is 1. The molecule has 21 heavy (non-hydrogen) atoms. The Bertz CT molecular complexity index is 483. The highest BCUT2D eigenvalue weighted by Gasteiger charge is 2.25. The first-order valence-electron chi connectivity index (χ1n) is 8.23. The third-order valence-corrected chi connectivity index (χ3v) is 4.93. The molecule has 1 aromatic rings. The van der Waals surface area contributed by atoms with Crippen LogP contribution in [0.4, 0.5) is 0 Å². The molecular weight excluding hydrogens is 258 g/mol. The molecule has 0 amide bonds. The second-order valence-electron chi connectivity index (χ2n) is 6.79. The Balaban J connectivity index is 2.07. The normalized spacial score (nSPS) is 23.1. The van der Waals surface area contributed by atoms with E-state index in [2.05, 4.69) is 51.1 Å². The molecule has 114 valence electrons. The summed E-state index contributed by atoms with van der Waals surface area (Å²) in [7, 11) is 0. The van der Waals surface area contributed by atoms with Gasteiger partial charge in [-0.25, -0.2) is 0 Å². The summed E-state index contributed by atoms with van der Waals surface area (Å²) in [6, 6.07) is 10.9. The molecule has 0 N–H and O–H groups in total. The third-order valence-electron chi connectivity index (χ3n) is 4.93. The summed E-state index contributed by atoms with van der Waals surface area (Å²) in [6.45, 7) is 6.74. The lowest BCUT2D eigenvalue weighted by Crippen LogP contribution is -2.25. The highest BCUT2D eigenvalue weighted by atomic mass is 16.5. The van der Waals surface area contributed by atoms with Gasteiger partial charge in [0, 0.05) is 0 Å². The summed E-state index contributed by atoms with van der Waals surface area (Å²) in [6.07, 6.45) is 6.70. The molecule has 2 nitrogen and oxygen atoms in total. The van der Waals surface area contributed by atoms with Crippen molar-refractivity contribution in [3.63, 3.8) is 0 Å². The predicted octanol–water partition coefficient (Wildman–Crippen LogP) is 5.23. The van der Waals surface area contributed by atoms with Gasteiger partial charge in [-0.1, -0.05) is 45.7 Å². The number of nitriles is 1. The molecule has 0 bridgehead atoms. The van der Waals surface area contributed by atoms with E-state index in [0.29, 0.717) is 0 Å². The molecule has 0 spiro atoms. The smallest absolute Gasteiger partial charge is 0.119 e. The Labute approximate surface area is 129 Å². The van der Waals surface area contributed by atoms with Crippen LogP contribution in [-0.4, -0.2) is 6.10 Å². The van der Waals surface area contributed by atoms with Gasteiger partial charge in [0.15, 0.2) is 0 Å². The Morgan fingerprint density at radius 3 is 2.43 bits per heavy atom. The fourth-order valence-corrected chi connectivity index (χ4v) is 2.93. The second-order valence-corrected chi connectivity index (χ2v) is 6.79. The van der Waals surface area contributed by atoms with Crippen LogP contribution in [0.1, 0.15) is 64.9 Å². The van der Waals surface area contributed by atoms with E-state index in [1.54, 1.807) is 0 Å². The van der Waals surface area contributed by atoms with Crippen molar-refractivity contribution >= 4 is 0 Å². The molecule has 1 fully saturated rings. The van der Waals surface area contributed by atoms with Gasteiger partial charge < -0.3 is 4.74 Å². The van der Waals surface area contributed by atoms with Gasteiger partial charge in [0.05, 0.1) is 12.0 Å². The van der Waals surface area contributed by atoms with Crippen LogP contribution < -0.4 is 4.74 Å². The molecule has 2 rings (SSSR count). The number of hydrogen-bond acceptors (Lipinski definition) is 2. The zero-order chi connectivity index (χ0) is 15.3. The fraction of sp³-hybridized carbons (Fsp3) is 0.632. The fourth-order valence-electron chi connectivity index (χ4n) is 2.93. The van der Waals surface area contributed by atoms with Gasteiger partial charge in [-0.3, -0.25) is 0 Å². The van der Waals surface area contributed by atoms with Gasteiger partial charge in [0.25, 0.3) is 0 Å². The van der Waals surface area contributed by atoms with Crippen LogP contribution in [0.2, 0.25) is 0 Å². The molecule has 1 aliphatic carbocycles. The lowest BCUT2D eigenvalue weighted by molar-refractivity contribution is 0.152. The van der Waals surface area contributed by atoms with Gasteiger partial charge in [-0.15, -0.1) is 0 Å². The zero-order valence-corrected chi connectivity index (χ0v) is 13.6. The van der Waals surface area contributed by atoms with Gasteiger partial charge in [0.2, 0.25) is 0 Å². The number of hydrogen-bond donors (Lipinski definition) is 0. The predicted molar refractivity (Wildman–Crippen MR) is 86.4 cm³/mol. The van der Waals surface area contributed by atoms with E-state index in [1.807, 2.05) is 0 Å². The monoisotopic (exact) mass is 285 g/mol. The van der Waals surface area contributed by atoms with Crippen molar-refractivity contribution < 1.29 is 4.74 Å². The van der Waals surface area contributed by atoms with Gasteiger partial charge >= 0.3 is 0 Å². The van der Waals surface area contributed by atoms with Crippen LogP contribution in [-0.2, 0) is 5.41 Å². The minimum absolute atomic E-state index is 0.0410. The Kier molecular flexibility index (Phi) is 5.28. The molecule has 1 aromatic carbocycles.